The highest BCUT2D eigenvalue weighted by molar-refractivity contribution is 5.68. The molecule has 116 valence electrons. The number of carbonyl (C=O) groups excluding carboxylic acids is 1. The molecule has 21 heavy (non-hydrogen) atoms. The largest absolute Gasteiger partial charge is 0.445 e. The zero-order chi connectivity index (χ0) is 15.2. The van der Waals surface area contributed by atoms with Crippen LogP contribution in [0, 0.1) is 0 Å². The standard InChI is InChI=1S/C17H26N2O2/c1-13(2)18-16-10-7-11-19(14(16)3)17(20)21-12-15-8-5-4-6-9-15/h4-6,8-9,13-14,16,18H,7,10-12H2,1-3H3. The summed E-state index contributed by atoms with van der Waals surface area (Å²) in [6, 6.07) is 10.8. The molecule has 1 heterocycles. The van der Waals surface area contributed by atoms with Crippen molar-refractivity contribution in [2.24, 2.45) is 0 Å². The average Bonchev–Trinajstić information content (AvgIpc) is 2.47. The first-order chi connectivity index (χ1) is 10.1. The number of amides is 1. The topological polar surface area (TPSA) is 41.6 Å². The van der Waals surface area contributed by atoms with E-state index in [1.807, 2.05) is 35.2 Å². The average molecular weight is 290 g/mol. The molecule has 0 bridgehead atoms. The minimum absolute atomic E-state index is 0.171. The lowest BCUT2D eigenvalue weighted by Gasteiger charge is -2.39. The fourth-order valence-corrected chi connectivity index (χ4v) is 2.85. The molecule has 1 aliphatic rings. The molecule has 2 rings (SSSR count). The van der Waals surface area contributed by atoms with Gasteiger partial charge in [-0.3, -0.25) is 0 Å². The van der Waals surface area contributed by atoms with Crippen molar-refractivity contribution < 1.29 is 9.53 Å². The minimum Gasteiger partial charge on any atom is -0.445 e. The molecule has 4 heteroatoms. The van der Waals surface area contributed by atoms with Crippen LogP contribution in [0.3, 0.4) is 0 Å². The molecule has 1 aliphatic heterocycles. The first kappa shape index (κ1) is 15.8. The second kappa shape index (κ2) is 7.46. The lowest BCUT2D eigenvalue weighted by molar-refractivity contribution is 0.0605. The molecule has 0 aliphatic carbocycles. The summed E-state index contributed by atoms with van der Waals surface area (Å²) < 4.78 is 5.45. The SMILES string of the molecule is CC(C)NC1CCCN(C(=O)OCc2ccccc2)C1C. The second-order valence-corrected chi connectivity index (χ2v) is 6.04. The van der Waals surface area contributed by atoms with Crippen LogP contribution in [0.2, 0.25) is 0 Å². The minimum atomic E-state index is -0.207. The maximum absolute atomic E-state index is 12.3. The van der Waals surface area contributed by atoms with Gasteiger partial charge in [0.15, 0.2) is 0 Å². The summed E-state index contributed by atoms with van der Waals surface area (Å²) in [5, 5.41) is 3.54. The molecule has 4 nitrogen and oxygen atoms in total. The molecule has 1 aromatic rings. The van der Waals surface area contributed by atoms with Crippen molar-refractivity contribution in [3.05, 3.63) is 35.9 Å². The van der Waals surface area contributed by atoms with E-state index in [1.165, 1.54) is 0 Å². The summed E-state index contributed by atoms with van der Waals surface area (Å²) in [4.78, 5) is 14.1. The highest BCUT2D eigenvalue weighted by atomic mass is 16.6. The summed E-state index contributed by atoms with van der Waals surface area (Å²) in [6.45, 7) is 7.50. The van der Waals surface area contributed by atoms with Crippen LogP contribution in [0.15, 0.2) is 30.3 Å². The zero-order valence-corrected chi connectivity index (χ0v) is 13.2. The van der Waals surface area contributed by atoms with Crippen molar-refractivity contribution >= 4 is 6.09 Å². The Bertz CT molecular complexity index is 447. The normalized spacial score (nSPS) is 22.4. The van der Waals surface area contributed by atoms with Crippen LogP contribution in [-0.2, 0) is 11.3 Å². The summed E-state index contributed by atoms with van der Waals surface area (Å²) in [7, 11) is 0. The molecule has 1 amide bonds. The fraction of sp³-hybridized carbons (Fsp3) is 0.588. The first-order valence-corrected chi connectivity index (χ1v) is 7.81. The van der Waals surface area contributed by atoms with Crippen LogP contribution in [0.1, 0.15) is 39.2 Å². The Kier molecular flexibility index (Phi) is 5.62. The van der Waals surface area contributed by atoms with Crippen molar-refractivity contribution in [2.45, 2.75) is 58.3 Å². The Morgan fingerprint density at radius 1 is 1.38 bits per heavy atom. The van der Waals surface area contributed by atoms with Gasteiger partial charge in [0.05, 0.1) is 0 Å². The van der Waals surface area contributed by atoms with E-state index in [-0.39, 0.29) is 12.1 Å². The number of piperidine rings is 1. The number of likely N-dealkylation sites (tertiary alicyclic amines) is 1. The Morgan fingerprint density at radius 2 is 2.10 bits per heavy atom. The van der Waals surface area contributed by atoms with Gasteiger partial charge in [0.2, 0.25) is 0 Å². The number of benzene rings is 1. The molecule has 1 N–H and O–H groups in total. The van der Waals surface area contributed by atoms with Crippen LogP contribution in [0.4, 0.5) is 4.79 Å². The third-order valence-corrected chi connectivity index (χ3v) is 3.98. The van der Waals surface area contributed by atoms with Crippen LogP contribution in [0.5, 0.6) is 0 Å². The van der Waals surface area contributed by atoms with Gasteiger partial charge < -0.3 is 15.0 Å². The van der Waals surface area contributed by atoms with Crippen molar-refractivity contribution in [1.82, 2.24) is 10.2 Å². The van der Waals surface area contributed by atoms with E-state index in [0.717, 1.165) is 24.9 Å². The highest BCUT2D eigenvalue weighted by Gasteiger charge is 2.32. The Morgan fingerprint density at radius 3 is 2.76 bits per heavy atom. The van der Waals surface area contributed by atoms with E-state index < -0.39 is 0 Å². The molecular weight excluding hydrogens is 264 g/mol. The Balaban J connectivity index is 1.89. The number of nitrogens with one attached hydrogen (secondary N) is 1. The number of hydrogen-bond donors (Lipinski definition) is 1. The zero-order valence-electron chi connectivity index (χ0n) is 13.2. The molecule has 2 unspecified atom stereocenters. The predicted molar refractivity (Wildman–Crippen MR) is 84.1 cm³/mol. The van der Waals surface area contributed by atoms with Crippen LogP contribution in [-0.4, -0.2) is 35.7 Å². The van der Waals surface area contributed by atoms with E-state index in [9.17, 15) is 4.79 Å². The molecule has 0 radical (unpaired) electrons. The number of rotatable bonds is 4. The maximum Gasteiger partial charge on any atom is 0.410 e. The molecule has 2 atom stereocenters. The summed E-state index contributed by atoms with van der Waals surface area (Å²) in [5.74, 6) is 0. The Labute approximate surface area is 127 Å². The lowest BCUT2D eigenvalue weighted by atomic mass is 9.97. The molecular formula is C17H26N2O2. The third-order valence-electron chi connectivity index (χ3n) is 3.98. The van der Waals surface area contributed by atoms with Gasteiger partial charge in [-0.15, -0.1) is 0 Å². The summed E-state index contributed by atoms with van der Waals surface area (Å²) in [6.07, 6.45) is 1.93. The van der Waals surface area contributed by atoms with Gasteiger partial charge >= 0.3 is 6.09 Å². The number of nitrogens with zero attached hydrogens (tertiary/aromatic N) is 1. The molecule has 0 saturated carbocycles. The fourth-order valence-electron chi connectivity index (χ4n) is 2.85. The van der Waals surface area contributed by atoms with Gasteiger partial charge in [0, 0.05) is 24.7 Å². The molecule has 1 saturated heterocycles. The number of carbonyl (C=O) groups is 1. The number of hydrogen-bond acceptors (Lipinski definition) is 3. The molecule has 1 aromatic carbocycles. The van der Waals surface area contributed by atoms with Crippen LogP contribution < -0.4 is 5.32 Å². The van der Waals surface area contributed by atoms with Gasteiger partial charge in [-0.2, -0.15) is 0 Å². The van der Waals surface area contributed by atoms with Crippen LogP contribution >= 0.6 is 0 Å². The van der Waals surface area contributed by atoms with E-state index >= 15 is 0 Å². The number of ether oxygens (including phenoxy) is 1. The molecule has 1 fully saturated rings. The Hall–Kier alpha value is -1.55. The van der Waals surface area contributed by atoms with Gasteiger partial charge in [0.25, 0.3) is 0 Å². The van der Waals surface area contributed by atoms with Crippen molar-refractivity contribution in [3.8, 4) is 0 Å². The van der Waals surface area contributed by atoms with Crippen molar-refractivity contribution in [3.63, 3.8) is 0 Å². The highest BCUT2D eigenvalue weighted by Crippen LogP contribution is 2.19. The van der Waals surface area contributed by atoms with E-state index in [4.69, 9.17) is 4.74 Å². The summed E-state index contributed by atoms with van der Waals surface area (Å²) >= 11 is 0. The quantitative estimate of drug-likeness (QED) is 0.926. The smallest absolute Gasteiger partial charge is 0.410 e. The van der Waals surface area contributed by atoms with Crippen molar-refractivity contribution in [1.29, 1.82) is 0 Å². The van der Waals surface area contributed by atoms with E-state index in [1.54, 1.807) is 0 Å². The van der Waals surface area contributed by atoms with Gasteiger partial charge in [-0.25, -0.2) is 4.79 Å². The predicted octanol–water partition coefficient (Wildman–Crippen LogP) is 3.17. The molecule has 0 spiro atoms. The van der Waals surface area contributed by atoms with E-state index in [0.29, 0.717) is 18.7 Å². The summed E-state index contributed by atoms with van der Waals surface area (Å²) in [5.41, 5.74) is 1.02. The van der Waals surface area contributed by atoms with Crippen LogP contribution in [0.25, 0.3) is 0 Å². The monoisotopic (exact) mass is 290 g/mol. The maximum atomic E-state index is 12.3. The van der Waals surface area contributed by atoms with Gasteiger partial charge in [-0.1, -0.05) is 44.2 Å². The molecule has 0 aromatic heterocycles. The lowest BCUT2D eigenvalue weighted by Crippen LogP contribution is -2.55. The van der Waals surface area contributed by atoms with Gasteiger partial charge in [0.1, 0.15) is 6.61 Å². The van der Waals surface area contributed by atoms with Crippen molar-refractivity contribution in [2.75, 3.05) is 6.54 Å². The second-order valence-electron chi connectivity index (χ2n) is 6.04. The first-order valence-electron chi connectivity index (χ1n) is 7.81. The van der Waals surface area contributed by atoms with Gasteiger partial charge in [-0.05, 0) is 25.3 Å². The van der Waals surface area contributed by atoms with E-state index in [2.05, 4.69) is 26.1 Å². The third kappa shape index (κ3) is 4.46.